The van der Waals surface area contributed by atoms with Crippen LogP contribution in [0.3, 0.4) is 0 Å². The molecule has 4 N–H and O–H groups in total. The van der Waals surface area contributed by atoms with Gasteiger partial charge in [-0.3, -0.25) is 14.3 Å². The highest BCUT2D eigenvalue weighted by atomic mass is 16.5. The smallest absolute Gasteiger partial charge is 0.248 e. The molecule has 12 nitrogen and oxygen atoms in total. The zero-order valence-corrected chi connectivity index (χ0v) is 24.9. The molecule has 0 bridgehead atoms. The third kappa shape index (κ3) is 6.33. The first-order valence-electron chi connectivity index (χ1n) is 13.5. The number of benzene rings is 2. The number of hydrogen-bond acceptors (Lipinski definition) is 9. The maximum atomic E-state index is 12.3. The number of anilines is 4. The Morgan fingerprint density at radius 2 is 1.83 bits per heavy atom. The molecule has 0 aliphatic rings. The number of hydrogen-bond donors (Lipinski definition) is 3. The first kappa shape index (κ1) is 30.0. The number of likely N-dealkylation sites (N-methyl/N-ethyl adjacent to an activating group) is 2. The Morgan fingerprint density at radius 3 is 2.50 bits per heavy atom. The molecule has 0 unspecified atom stereocenters. The summed E-state index contributed by atoms with van der Waals surface area (Å²) in [6, 6.07) is 11.4. The third-order valence-electron chi connectivity index (χ3n) is 6.85. The molecule has 4 aromatic rings. The number of carbonyl (C=O) groups excluding carboxylic acids is 2. The van der Waals surface area contributed by atoms with Gasteiger partial charge in [-0.2, -0.15) is 5.10 Å². The van der Waals surface area contributed by atoms with E-state index in [-0.39, 0.29) is 17.4 Å². The standard InChI is InChI=1S/C30H37N9O3/c1-8-26(40)33-22-17-32-30(35-28(22)27-19-11-9-10-12-23(19)39(6)36-27)34-21-15-20(18(2)29(31)41)24(16-25(21)42-7)38(5)14-13-37(3)4/h9-12,15-17H,2,8,13-14H2,1,3-7H3,(H2,31,41)(H,33,40)(H,32,34,35). The van der Waals surface area contributed by atoms with Crippen LogP contribution in [0.2, 0.25) is 0 Å². The van der Waals surface area contributed by atoms with E-state index < -0.39 is 5.91 Å². The van der Waals surface area contributed by atoms with E-state index in [0.717, 1.165) is 23.1 Å². The third-order valence-corrected chi connectivity index (χ3v) is 6.85. The number of methoxy groups -OCH3 is 1. The van der Waals surface area contributed by atoms with Gasteiger partial charge in [-0.15, -0.1) is 0 Å². The lowest BCUT2D eigenvalue weighted by molar-refractivity contribution is -0.116. The number of nitrogens with zero attached hydrogens (tertiary/aromatic N) is 6. The van der Waals surface area contributed by atoms with Crippen LogP contribution in [0.15, 0.2) is 49.2 Å². The Bertz CT molecular complexity index is 1640. The van der Waals surface area contributed by atoms with E-state index in [9.17, 15) is 9.59 Å². The zero-order chi connectivity index (χ0) is 30.6. The number of nitrogens with one attached hydrogen (secondary N) is 2. The molecule has 0 aliphatic heterocycles. The summed E-state index contributed by atoms with van der Waals surface area (Å²) in [5.74, 6) is -0.0765. The van der Waals surface area contributed by atoms with Crippen molar-refractivity contribution in [3.63, 3.8) is 0 Å². The molecule has 2 heterocycles. The Morgan fingerprint density at radius 1 is 1.10 bits per heavy atom. The van der Waals surface area contributed by atoms with Crippen LogP contribution in [0, 0.1) is 0 Å². The van der Waals surface area contributed by atoms with E-state index in [4.69, 9.17) is 20.6 Å². The Balaban J connectivity index is 1.82. The van der Waals surface area contributed by atoms with Crippen molar-refractivity contribution in [1.82, 2.24) is 24.6 Å². The second-order valence-corrected chi connectivity index (χ2v) is 10.1. The van der Waals surface area contributed by atoms with Crippen molar-refractivity contribution in [3.05, 3.63) is 54.7 Å². The molecule has 2 aromatic carbocycles. The van der Waals surface area contributed by atoms with Gasteiger partial charge in [0.15, 0.2) is 0 Å². The number of fused-ring (bicyclic) bond motifs is 1. The van der Waals surface area contributed by atoms with Crippen molar-refractivity contribution >= 4 is 51.3 Å². The van der Waals surface area contributed by atoms with Crippen molar-refractivity contribution < 1.29 is 14.3 Å². The van der Waals surface area contributed by atoms with Crippen LogP contribution in [-0.2, 0) is 16.6 Å². The van der Waals surface area contributed by atoms with Gasteiger partial charge in [-0.1, -0.05) is 31.7 Å². The molecule has 0 saturated carbocycles. The fourth-order valence-corrected chi connectivity index (χ4v) is 4.46. The summed E-state index contributed by atoms with van der Waals surface area (Å²) in [6.45, 7) is 7.19. The molecule has 0 fully saturated rings. The summed E-state index contributed by atoms with van der Waals surface area (Å²) < 4.78 is 7.49. The zero-order valence-electron chi connectivity index (χ0n) is 24.9. The van der Waals surface area contributed by atoms with Gasteiger partial charge < -0.3 is 30.9 Å². The fraction of sp³-hybridized carbons (Fsp3) is 0.300. The van der Waals surface area contributed by atoms with Gasteiger partial charge in [0.05, 0.1) is 30.2 Å². The van der Waals surface area contributed by atoms with Gasteiger partial charge in [-0.05, 0) is 26.2 Å². The van der Waals surface area contributed by atoms with E-state index in [1.807, 2.05) is 63.4 Å². The number of carbonyl (C=O) groups is 2. The fourth-order valence-electron chi connectivity index (χ4n) is 4.46. The lowest BCUT2D eigenvalue weighted by atomic mass is 10.0. The van der Waals surface area contributed by atoms with Crippen LogP contribution < -0.4 is 26.0 Å². The number of primary amides is 1. The molecule has 42 heavy (non-hydrogen) atoms. The molecular weight excluding hydrogens is 534 g/mol. The number of ether oxygens (including phenoxy) is 1. The molecular formula is C30H37N9O3. The largest absolute Gasteiger partial charge is 0.494 e. The van der Waals surface area contributed by atoms with E-state index in [1.165, 1.54) is 0 Å². The minimum atomic E-state index is -0.634. The van der Waals surface area contributed by atoms with Gasteiger partial charge in [0.2, 0.25) is 17.8 Å². The maximum absolute atomic E-state index is 12.3. The van der Waals surface area contributed by atoms with Gasteiger partial charge in [0.25, 0.3) is 0 Å². The minimum Gasteiger partial charge on any atom is -0.494 e. The van der Waals surface area contributed by atoms with Crippen molar-refractivity contribution in [1.29, 1.82) is 0 Å². The quantitative estimate of drug-likeness (QED) is 0.217. The highest BCUT2D eigenvalue weighted by Crippen LogP contribution is 2.38. The van der Waals surface area contributed by atoms with E-state index >= 15 is 0 Å². The van der Waals surface area contributed by atoms with E-state index in [0.29, 0.717) is 47.0 Å². The Kier molecular flexibility index (Phi) is 9.06. The highest BCUT2D eigenvalue weighted by molar-refractivity contribution is 6.19. The molecule has 220 valence electrons. The molecule has 0 aliphatic carbocycles. The van der Waals surface area contributed by atoms with Crippen molar-refractivity contribution in [2.24, 2.45) is 12.8 Å². The number of para-hydroxylation sites is 1. The predicted octanol–water partition coefficient (Wildman–Crippen LogP) is 3.63. The second kappa shape index (κ2) is 12.7. The number of aryl methyl sites for hydroxylation is 1. The van der Waals surface area contributed by atoms with Crippen LogP contribution >= 0.6 is 0 Å². The molecule has 0 spiro atoms. The summed E-state index contributed by atoms with van der Waals surface area (Å²) in [6.07, 6.45) is 1.84. The summed E-state index contributed by atoms with van der Waals surface area (Å²) >= 11 is 0. The molecule has 0 radical (unpaired) electrons. The normalized spacial score (nSPS) is 11.0. The van der Waals surface area contributed by atoms with Crippen molar-refractivity contribution in [2.45, 2.75) is 13.3 Å². The van der Waals surface area contributed by atoms with Crippen LogP contribution in [0.1, 0.15) is 18.9 Å². The van der Waals surface area contributed by atoms with E-state index in [1.54, 1.807) is 31.0 Å². The SMILES string of the molecule is C=C(C(N)=O)c1cc(Nc2ncc(NC(=O)CC)c(-c3nn(C)c4ccccc34)n2)c(OC)cc1N(C)CCN(C)C. The van der Waals surface area contributed by atoms with Gasteiger partial charge in [-0.25, -0.2) is 9.97 Å². The van der Waals surface area contributed by atoms with Gasteiger partial charge >= 0.3 is 0 Å². The second-order valence-electron chi connectivity index (χ2n) is 10.1. The van der Waals surface area contributed by atoms with Crippen molar-refractivity contribution in [3.8, 4) is 17.1 Å². The number of rotatable bonds is 12. The average Bonchev–Trinajstić information content (AvgIpc) is 3.31. The Hall–Kier alpha value is -4.97. The highest BCUT2D eigenvalue weighted by Gasteiger charge is 2.21. The lowest BCUT2D eigenvalue weighted by Crippen LogP contribution is -2.29. The Labute approximate surface area is 245 Å². The molecule has 2 aromatic heterocycles. The lowest BCUT2D eigenvalue weighted by Gasteiger charge is -2.26. The number of nitrogens with two attached hydrogens (primary N) is 1. The number of amides is 2. The van der Waals surface area contributed by atoms with Crippen LogP contribution in [0.25, 0.3) is 27.9 Å². The first-order chi connectivity index (χ1) is 20.0. The molecule has 12 heteroatoms. The summed E-state index contributed by atoms with van der Waals surface area (Å²) in [5.41, 5.74) is 9.99. The van der Waals surface area contributed by atoms with Crippen LogP contribution in [0.5, 0.6) is 5.75 Å². The summed E-state index contributed by atoms with van der Waals surface area (Å²) in [4.78, 5) is 37.9. The molecule has 4 rings (SSSR count). The predicted molar refractivity (Wildman–Crippen MR) is 167 cm³/mol. The first-order valence-corrected chi connectivity index (χ1v) is 13.5. The monoisotopic (exact) mass is 571 g/mol. The van der Waals surface area contributed by atoms with Crippen molar-refractivity contribution in [2.75, 3.05) is 56.9 Å². The molecule has 0 saturated heterocycles. The van der Waals surface area contributed by atoms with Crippen LogP contribution in [0.4, 0.5) is 23.0 Å². The van der Waals surface area contributed by atoms with Gasteiger partial charge in [0.1, 0.15) is 17.1 Å². The minimum absolute atomic E-state index is 0.159. The number of aromatic nitrogens is 4. The molecule has 0 atom stereocenters. The summed E-state index contributed by atoms with van der Waals surface area (Å²) in [5, 5.41) is 11.7. The summed E-state index contributed by atoms with van der Waals surface area (Å²) in [7, 11) is 9.32. The van der Waals surface area contributed by atoms with Gasteiger partial charge in [0, 0.05) is 61.9 Å². The van der Waals surface area contributed by atoms with Crippen LogP contribution in [-0.4, -0.2) is 77.8 Å². The average molecular weight is 572 g/mol. The van der Waals surface area contributed by atoms with E-state index in [2.05, 4.69) is 27.1 Å². The molecule has 2 amide bonds. The topological polar surface area (TPSA) is 144 Å². The maximum Gasteiger partial charge on any atom is 0.248 e.